The highest BCUT2D eigenvalue weighted by molar-refractivity contribution is 6.30. The molecular formula is C22H25ClN2O2. The van der Waals surface area contributed by atoms with Crippen molar-refractivity contribution in [3.05, 3.63) is 64.7 Å². The molecule has 0 spiro atoms. The molecule has 142 valence electrons. The van der Waals surface area contributed by atoms with Crippen molar-refractivity contribution in [2.24, 2.45) is 0 Å². The van der Waals surface area contributed by atoms with E-state index in [0.29, 0.717) is 16.3 Å². The molecule has 2 aromatic rings. The normalized spacial score (nSPS) is 15.8. The summed E-state index contributed by atoms with van der Waals surface area (Å²) in [5, 5.41) is 7.08. The summed E-state index contributed by atoms with van der Waals surface area (Å²) in [7, 11) is 0. The predicted octanol–water partition coefficient (Wildman–Crippen LogP) is 5.14. The fourth-order valence-corrected chi connectivity index (χ4v) is 3.68. The van der Waals surface area contributed by atoms with E-state index in [1.54, 1.807) is 18.2 Å². The second-order valence-electron chi connectivity index (χ2n) is 7.07. The molecule has 1 amide bonds. The average molecular weight is 385 g/mol. The first-order chi connectivity index (χ1) is 13.0. The molecule has 0 saturated heterocycles. The van der Waals surface area contributed by atoms with Crippen LogP contribution >= 0.6 is 11.6 Å². The first kappa shape index (κ1) is 19.4. The van der Waals surface area contributed by atoms with Crippen LogP contribution < -0.4 is 10.6 Å². The Morgan fingerprint density at radius 2 is 1.67 bits per heavy atom. The highest BCUT2D eigenvalue weighted by Crippen LogP contribution is 2.26. The number of ketones is 1. The molecule has 1 unspecified atom stereocenters. The Balaban J connectivity index is 1.86. The lowest BCUT2D eigenvalue weighted by Gasteiger charge is -2.27. The van der Waals surface area contributed by atoms with E-state index in [2.05, 4.69) is 10.6 Å². The lowest BCUT2D eigenvalue weighted by molar-refractivity contribution is -0.122. The van der Waals surface area contributed by atoms with Gasteiger partial charge in [0.1, 0.15) is 6.04 Å². The quantitative estimate of drug-likeness (QED) is 0.677. The highest BCUT2D eigenvalue weighted by Gasteiger charge is 2.25. The number of para-hydroxylation sites is 1. The molecule has 1 aliphatic carbocycles. The number of anilines is 1. The number of carbonyl (C=O) groups excluding carboxylic acids is 2. The van der Waals surface area contributed by atoms with Gasteiger partial charge in [0, 0.05) is 22.3 Å². The van der Waals surface area contributed by atoms with Gasteiger partial charge in [-0.15, -0.1) is 0 Å². The molecule has 0 radical (unpaired) electrons. The SMILES string of the molecule is CC(=O)c1ccccc1NC(C(=O)NC1CCCCC1)c1ccc(Cl)cc1. The van der Waals surface area contributed by atoms with E-state index in [9.17, 15) is 9.59 Å². The van der Waals surface area contributed by atoms with Gasteiger partial charge < -0.3 is 10.6 Å². The Morgan fingerprint density at radius 3 is 2.33 bits per heavy atom. The fraction of sp³-hybridized carbons (Fsp3) is 0.364. The molecule has 0 aliphatic heterocycles. The van der Waals surface area contributed by atoms with Crippen LogP contribution in [0.1, 0.15) is 61.0 Å². The first-order valence-electron chi connectivity index (χ1n) is 9.47. The molecule has 0 aromatic heterocycles. The number of Topliss-reactive ketones (excluding diaryl/α,β-unsaturated/α-hetero) is 1. The molecule has 0 bridgehead atoms. The van der Waals surface area contributed by atoms with Gasteiger partial charge in [0.25, 0.3) is 0 Å². The van der Waals surface area contributed by atoms with E-state index in [-0.39, 0.29) is 17.7 Å². The predicted molar refractivity (Wildman–Crippen MR) is 109 cm³/mol. The smallest absolute Gasteiger partial charge is 0.247 e. The lowest BCUT2D eigenvalue weighted by Crippen LogP contribution is -2.41. The van der Waals surface area contributed by atoms with E-state index in [1.807, 2.05) is 30.3 Å². The van der Waals surface area contributed by atoms with Gasteiger partial charge in [-0.3, -0.25) is 9.59 Å². The first-order valence-corrected chi connectivity index (χ1v) is 9.85. The number of halogens is 1. The largest absolute Gasteiger partial charge is 0.369 e. The molecule has 1 aliphatic rings. The minimum absolute atomic E-state index is 0.0411. The summed E-state index contributed by atoms with van der Waals surface area (Å²) in [5.74, 6) is -0.122. The minimum Gasteiger partial charge on any atom is -0.369 e. The summed E-state index contributed by atoms with van der Waals surface area (Å²) in [4.78, 5) is 25.0. The second-order valence-corrected chi connectivity index (χ2v) is 7.51. The van der Waals surface area contributed by atoms with Crippen molar-refractivity contribution in [2.45, 2.75) is 51.1 Å². The van der Waals surface area contributed by atoms with Crippen molar-refractivity contribution >= 4 is 29.0 Å². The maximum atomic E-state index is 13.1. The average Bonchev–Trinajstić information content (AvgIpc) is 2.68. The van der Waals surface area contributed by atoms with Crippen LogP contribution in [0.4, 0.5) is 5.69 Å². The number of rotatable bonds is 6. The Morgan fingerprint density at radius 1 is 1.00 bits per heavy atom. The van der Waals surface area contributed by atoms with Gasteiger partial charge >= 0.3 is 0 Å². The summed E-state index contributed by atoms with van der Waals surface area (Å²) in [6.45, 7) is 1.53. The van der Waals surface area contributed by atoms with Crippen LogP contribution in [-0.4, -0.2) is 17.7 Å². The molecule has 5 heteroatoms. The zero-order chi connectivity index (χ0) is 19.2. The molecule has 3 rings (SSSR count). The topological polar surface area (TPSA) is 58.2 Å². The number of hydrogen-bond donors (Lipinski definition) is 2. The van der Waals surface area contributed by atoms with Crippen molar-refractivity contribution < 1.29 is 9.59 Å². The van der Waals surface area contributed by atoms with E-state index in [1.165, 1.54) is 13.3 Å². The van der Waals surface area contributed by atoms with Crippen LogP contribution in [-0.2, 0) is 4.79 Å². The van der Waals surface area contributed by atoms with Crippen molar-refractivity contribution in [3.8, 4) is 0 Å². The number of hydrogen-bond acceptors (Lipinski definition) is 3. The van der Waals surface area contributed by atoms with E-state index in [4.69, 9.17) is 11.6 Å². The van der Waals surface area contributed by atoms with E-state index in [0.717, 1.165) is 31.2 Å². The zero-order valence-electron chi connectivity index (χ0n) is 15.5. The van der Waals surface area contributed by atoms with Crippen molar-refractivity contribution in [3.63, 3.8) is 0 Å². The van der Waals surface area contributed by atoms with Crippen molar-refractivity contribution in [2.75, 3.05) is 5.32 Å². The van der Waals surface area contributed by atoms with Crippen molar-refractivity contribution in [1.82, 2.24) is 5.32 Å². The van der Waals surface area contributed by atoms with Crippen LogP contribution in [0.2, 0.25) is 5.02 Å². The van der Waals surface area contributed by atoms with Crippen molar-refractivity contribution in [1.29, 1.82) is 0 Å². The Bertz CT molecular complexity index is 798. The summed E-state index contributed by atoms with van der Waals surface area (Å²) in [6.07, 6.45) is 5.57. The summed E-state index contributed by atoms with van der Waals surface area (Å²) in [5.41, 5.74) is 2.04. The summed E-state index contributed by atoms with van der Waals surface area (Å²) < 4.78 is 0. The second kappa shape index (κ2) is 9.05. The molecule has 4 nitrogen and oxygen atoms in total. The minimum atomic E-state index is -0.593. The van der Waals surface area contributed by atoms with Crippen LogP contribution in [0, 0.1) is 0 Å². The van der Waals surface area contributed by atoms with Crippen LogP contribution in [0.25, 0.3) is 0 Å². The molecule has 2 aromatic carbocycles. The molecule has 27 heavy (non-hydrogen) atoms. The highest BCUT2D eigenvalue weighted by atomic mass is 35.5. The van der Waals surface area contributed by atoms with Gasteiger partial charge in [0.15, 0.2) is 5.78 Å². The van der Waals surface area contributed by atoms with Gasteiger partial charge in [-0.2, -0.15) is 0 Å². The number of nitrogens with one attached hydrogen (secondary N) is 2. The molecule has 1 saturated carbocycles. The molecule has 1 atom stereocenters. The number of carbonyl (C=O) groups is 2. The summed E-state index contributed by atoms with van der Waals surface area (Å²) in [6, 6.07) is 14.1. The standard InChI is InChI=1S/C22H25ClN2O2/c1-15(26)19-9-5-6-10-20(19)25-21(16-11-13-17(23)14-12-16)22(27)24-18-7-3-2-4-8-18/h5-6,9-14,18,21,25H,2-4,7-8H2,1H3,(H,24,27). The number of benzene rings is 2. The molecule has 1 fully saturated rings. The Labute approximate surface area is 165 Å². The van der Waals surface area contributed by atoms with Gasteiger partial charge in [0.05, 0.1) is 0 Å². The summed E-state index contributed by atoms with van der Waals surface area (Å²) >= 11 is 6.01. The third kappa shape index (κ3) is 5.10. The monoisotopic (exact) mass is 384 g/mol. The van der Waals surface area contributed by atoms with Gasteiger partial charge in [-0.1, -0.05) is 55.1 Å². The van der Waals surface area contributed by atoms with Gasteiger partial charge in [-0.05, 0) is 49.6 Å². The molecule has 0 heterocycles. The van der Waals surface area contributed by atoms with E-state index < -0.39 is 6.04 Å². The van der Waals surface area contributed by atoms with E-state index >= 15 is 0 Å². The van der Waals surface area contributed by atoms with Crippen LogP contribution in [0.3, 0.4) is 0 Å². The molecule has 2 N–H and O–H groups in total. The molecular weight excluding hydrogens is 360 g/mol. The Kier molecular flexibility index (Phi) is 6.51. The van der Waals surface area contributed by atoms with Crippen LogP contribution in [0.15, 0.2) is 48.5 Å². The lowest BCUT2D eigenvalue weighted by atomic mass is 9.95. The van der Waals surface area contributed by atoms with Crippen LogP contribution in [0.5, 0.6) is 0 Å². The maximum Gasteiger partial charge on any atom is 0.247 e. The third-order valence-electron chi connectivity index (χ3n) is 5.02. The number of amides is 1. The van der Waals surface area contributed by atoms with Gasteiger partial charge in [0.2, 0.25) is 5.91 Å². The Hall–Kier alpha value is -2.33. The fourth-order valence-electron chi connectivity index (χ4n) is 3.56. The maximum absolute atomic E-state index is 13.1. The van der Waals surface area contributed by atoms with Gasteiger partial charge in [-0.25, -0.2) is 0 Å². The third-order valence-corrected chi connectivity index (χ3v) is 5.28. The zero-order valence-corrected chi connectivity index (χ0v) is 16.3.